The molecule has 1 aromatic rings. The van der Waals surface area contributed by atoms with Crippen molar-refractivity contribution in [3.05, 3.63) is 12.2 Å². The smallest absolute Gasteiger partial charge is 0.213 e. The van der Waals surface area contributed by atoms with Crippen molar-refractivity contribution in [1.29, 1.82) is 0 Å². The average molecular weight is 141 g/mol. The molecule has 0 unspecified atom stereocenters. The van der Waals surface area contributed by atoms with E-state index in [0.717, 1.165) is 13.0 Å². The molecule has 0 amide bonds. The number of hydrogen-bond donors (Lipinski definition) is 1. The van der Waals surface area contributed by atoms with Crippen LogP contribution in [0, 0.1) is 0 Å². The first-order valence-electron chi connectivity index (χ1n) is 3.39. The maximum Gasteiger partial charge on any atom is 0.213 e. The predicted octanol–water partition coefficient (Wildman–Crippen LogP) is 0.569. The van der Waals surface area contributed by atoms with Crippen molar-refractivity contribution in [3.8, 4) is 0 Å². The molecular formula is C6H11N3O. The molecule has 10 heavy (non-hydrogen) atoms. The molecule has 1 heterocycles. The van der Waals surface area contributed by atoms with E-state index in [4.69, 9.17) is 0 Å². The van der Waals surface area contributed by atoms with Gasteiger partial charge in [0, 0.05) is 0 Å². The Hall–Kier alpha value is -0.900. The maximum absolute atomic E-state index is 4.54. The topological polar surface area (TPSA) is 51.0 Å². The largest absolute Gasteiger partial charge is 0.343 e. The Morgan fingerprint density at radius 2 is 2.60 bits per heavy atom. The van der Waals surface area contributed by atoms with Gasteiger partial charge >= 0.3 is 0 Å². The molecule has 4 heteroatoms. The van der Waals surface area contributed by atoms with Crippen LogP contribution in [-0.2, 0) is 6.54 Å². The first kappa shape index (κ1) is 7.21. The van der Waals surface area contributed by atoms with Gasteiger partial charge in [-0.25, -0.2) is 0 Å². The molecule has 56 valence electrons. The summed E-state index contributed by atoms with van der Waals surface area (Å²) in [4.78, 5) is 3.85. The fourth-order valence-electron chi connectivity index (χ4n) is 0.647. The minimum atomic E-state index is 0.699. The Morgan fingerprint density at radius 1 is 1.70 bits per heavy atom. The molecular weight excluding hydrogens is 130 g/mol. The summed E-state index contributed by atoms with van der Waals surface area (Å²) in [7, 11) is 0. The normalized spacial score (nSPS) is 10.1. The van der Waals surface area contributed by atoms with E-state index in [-0.39, 0.29) is 0 Å². The molecule has 0 fully saturated rings. The zero-order valence-corrected chi connectivity index (χ0v) is 6.00. The monoisotopic (exact) mass is 141 g/mol. The van der Waals surface area contributed by atoms with Gasteiger partial charge in [0.25, 0.3) is 0 Å². The Morgan fingerprint density at radius 3 is 3.20 bits per heavy atom. The minimum Gasteiger partial charge on any atom is -0.343 e. The molecule has 1 rings (SSSR count). The third-order valence-corrected chi connectivity index (χ3v) is 1.12. The molecule has 1 aromatic heterocycles. The molecule has 0 spiro atoms. The fraction of sp³-hybridized carbons (Fsp3) is 0.667. The van der Waals surface area contributed by atoms with E-state index in [1.807, 2.05) is 0 Å². The van der Waals surface area contributed by atoms with Gasteiger partial charge in [-0.05, 0) is 13.0 Å². The van der Waals surface area contributed by atoms with Gasteiger partial charge in [0.15, 0.2) is 5.82 Å². The lowest BCUT2D eigenvalue weighted by Gasteiger charge is -1.95. The van der Waals surface area contributed by atoms with Gasteiger partial charge < -0.3 is 9.84 Å². The Balaban J connectivity index is 2.15. The second-order valence-electron chi connectivity index (χ2n) is 2.02. The standard InChI is InChI=1S/C6H11N3O/c1-2-3-7-4-6-8-5-10-9-6/h5,7H,2-4H2,1H3. The lowest BCUT2D eigenvalue weighted by atomic mass is 10.5. The van der Waals surface area contributed by atoms with Crippen LogP contribution in [0.4, 0.5) is 0 Å². The number of hydrogen-bond acceptors (Lipinski definition) is 4. The molecule has 0 bridgehead atoms. The summed E-state index contributed by atoms with van der Waals surface area (Å²) >= 11 is 0. The van der Waals surface area contributed by atoms with E-state index in [1.54, 1.807) is 0 Å². The average Bonchev–Trinajstić information content (AvgIpc) is 2.41. The van der Waals surface area contributed by atoms with E-state index in [1.165, 1.54) is 6.39 Å². The van der Waals surface area contributed by atoms with Crippen LogP contribution in [0.1, 0.15) is 19.2 Å². The summed E-state index contributed by atoms with van der Waals surface area (Å²) in [6, 6.07) is 0. The quantitative estimate of drug-likeness (QED) is 0.623. The number of nitrogens with zero attached hydrogens (tertiary/aromatic N) is 2. The van der Waals surface area contributed by atoms with Crippen LogP contribution in [0.25, 0.3) is 0 Å². The lowest BCUT2D eigenvalue weighted by molar-refractivity contribution is 0.407. The lowest BCUT2D eigenvalue weighted by Crippen LogP contribution is -2.14. The second kappa shape index (κ2) is 4.00. The van der Waals surface area contributed by atoms with Crippen molar-refractivity contribution in [2.75, 3.05) is 6.54 Å². The first-order chi connectivity index (χ1) is 4.93. The number of aromatic nitrogens is 2. The maximum atomic E-state index is 4.54. The van der Waals surface area contributed by atoms with Gasteiger partial charge in [-0.2, -0.15) is 4.98 Å². The van der Waals surface area contributed by atoms with Crippen molar-refractivity contribution in [3.63, 3.8) is 0 Å². The van der Waals surface area contributed by atoms with E-state index < -0.39 is 0 Å². The van der Waals surface area contributed by atoms with Gasteiger partial charge in [0.05, 0.1) is 6.54 Å². The zero-order chi connectivity index (χ0) is 7.23. The van der Waals surface area contributed by atoms with Crippen molar-refractivity contribution in [2.45, 2.75) is 19.9 Å². The highest BCUT2D eigenvalue weighted by molar-refractivity contribution is 4.75. The summed E-state index contributed by atoms with van der Waals surface area (Å²) in [5, 5.41) is 6.79. The molecule has 0 radical (unpaired) electrons. The Labute approximate surface area is 59.6 Å². The van der Waals surface area contributed by atoms with Crippen LogP contribution in [-0.4, -0.2) is 16.7 Å². The Bertz CT molecular complexity index is 162. The molecule has 0 atom stereocenters. The fourth-order valence-corrected chi connectivity index (χ4v) is 0.647. The van der Waals surface area contributed by atoms with Gasteiger partial charge in [0.2, 0.25) is 6.39 Å². The Kier molecular flexibility index (Phi) is 2.89. The number of rotatable bonds is 4. The van der Waals surface area contributed by atoms with Crippen LogP contribution >= 0.6 is 0 Å². The van der Waals surface area contributed by atoms with Crippen LogP contribution in [0.15, 0.2) is 10.9 Å². The van der Waals surface area contributed by atoms with Crippen LogP contribution < -0.4 is 5.32 Å². The van der Waals surface area contributed by atoms with E-state index >= 15 is 0 Å². The van der Waals surface area contributed by atoms with E-state index in [2.05, 4.69) is 26.9 Å². The van der Waals surface area contributed by atoms with Gasteiger partial charge in [0.1, 0.15) is 0 Å². The SMILES string of the molecule is CCCNCc1ncon1. The first-order valence-corrected chi connectivity index (χ1v) is 3.39. The van der Waals surface area contributed by atoms with Crippen LogP contribution in [0.5, 0.6) is 0 Å². The summed E-state index contributed by atoms with van der Waals surface area (Å²) in [6.45, 7) is 3.81. The van der Waals surface area contributed by atoms with Gasteiger partial charge in [-0.1, -0.05) is 12.1 Å². The third kappa shape index (κ3) is 2.14. The summed E-state index contributed by atoms with van der Waals surface area (Å²) in [5.41, 5.74) is 0. The van der Waals surface area contributed by atoms with Gasteiger partial charge in [-0.15, -0.1) is 0 Å². The van der Waals surface area contributed by atoms with Crippen molar-refractivity contribution < 1.29 is 4.52 Å². The number of nitrogens with one attached hydrogen (secondary N) is 1. The van der Waals surface area contributed by atoms with Crippen LogP contribution in [0.2, 0.25) is 0 Å². The molecule has 0 aromatic carbocycles. The van der Waals surface area contributed by atoms with Crippen molar-refractivity contribution >= 4 is 0 Å². The minimum absolute atomic E-state index is 0.699. The highest BCUT2D eigenvalue weighted by Crippen LogP contribution is 1.85. The summed E-state index contributed by atoms with van der Waals surface area (Å²) < 4.78 is 4.54. The summed E-state index contributed by atoms with van der Waals surface area (Å²) in [6.07, 6.45) is 2.46. The second-order valence-corrected chi connectivity index (χ2v) is 2.02. The van der Waals surface area contributed by atoms with E-state index in [9.17, 15) is 0 Å². The van der Waals surface area contributed by atoms with Gasteiger partial charge in [-0.3, -0.25) is 0 Å². The highest BCUT2D eigenvalue weighted by Gasteiger charge is 1.94. The highest BCUT2D eigenvalue weighted by atomic mass is 16.5. The molecule has 0 aliphatic carbocycles. The van der Waals surface area contributed by atoms with Crippen LogP contribution in [0.3, 0.4) is 0 Å². The molecule has 1 N–H and O–H groups in total. The van der Waals surface area contributed by atoms with Crippen molar-refractivity contribution in [2.24, 2.45) is 0 Å². The predicted molar refractivity (Wildman–Crippen MR) is 36.3 cm³/mol. The zero-order valence-electron chi connectivity index (χ0n) is 6.00. The molecule has 0 saturated heterocycles. The molecule has 0 aliphatic heterocycles. The molecule has 0 saturated carbocycles. The van der Waals surface area contributed by atoms with Crippen molar-refractivity contribution in [1.82, 2.24) is 15.5 Å². The molecule has 0 aliphatic rings. The molecule has 4 nitrogen and oxygen atoms in total. The van der Waals surface area contributed by atoms with E-state index in [0.29, 0.717) is 12.4 Å². The third-order valence-electron chi connectivity index (χ3n) is 1.12. The summed E-state index contributed by atoms with van der Waals surface area (Å²) in [5.74, 6) is 0.716.